The second-order valence-corrected chi connectivity index (χ2v) is 3.50. The molecule has 0 aliphatic heterocycles. The zero-order valence-corrected chi connectivity index (χ0v) is 9.58. The van der Waals surface area contributed by atoms with Gasteiger partial charge in [0, 0.05) is 18.6 Å². The fourth-order valence-corrected chi connectivity index (χ4v) is 1.31. The fraction of sp³-hybridized carbons (Fsp3) is 0.100. The van der Waals surface area contributed by atoms with Gasteiger partial charge in [0.2, 0.25) is 11.7 Å². The van der Waals surface area contributed by atoms with Gasteiger partial charge in [-0.3, -0.25) is 20.2 Å². The molecule has 9 heteroatoms. The van der Waals surface area contributed by atoms with Gasteiger partial charge >= 0.3 is 11.7 Å². The van der Waals surface area contributed by atoms with E-state index in [0.717, 1.165) is 18.2 Å². The van der Waals surface area contributed by atoms with Crippen molar-refractivity contribution in [2.75, 3.05) is 5.32 Å². The molecule has 0 aliphatic carbocycles. The van der Waals surface area contributed by atoms with E-state index in [1.54, 1.807) is 0 Å². The van der Waals surface area contributed by atoms with Gasteiger partial charge in [-0.2, -0.15) is 4.39 Å². The zero-order chi connectivity index (χ0) is 14.0. The van der Waals surface area contributed by atoms with E-state index >= 15 is 0 Å². The largest absolute Gasteiger partial charge is 0.408 e. The Morgan fingerprint density at radius 2 is 2.21 bits per heavy atom. The van der Waals surface area contributed by atoms with Gasteiger partial charge in [0.1, 0.15) is 0 Å². The molecular weight excluding hydrogens is 259 g/mol. The zero-order valence-electron chi connectivity index (χ0n) is 9.58. The highest BCUT2D eigenvalue weighted by Gasteiger charge is 2.17. The number of amides is 1. The van der Waals surface area contributed by atoms with Crippen LogP contribution in [0, 0.1) is 22.9 Å². The maximum Gasteiger partial charge on any atom is 0.322 e. The monoisotopic (exact) mass is 266 g/mol. The molecule has 0 saturated heterocycles. The molecule has 2 aromatic rings. The molecule has 0 fully saturated rings. The van der Waals surface area contributed by atoms with Crippen molar-refractivity contribution in [2.45, 2.75) is 6.92 Å². The van der Waals surface area contributed by atoms with Crippen LogP contribution in [0.3, 0.4) is 0 Å². The van der Waals surface area contributed by atoms with E-state index in [0.29, 0.717) is 0 Å². The Morgan fingerprint density at radius 3 is 2.74 bits per heavy atom. The Morgan fingerprint density at radius 1 is 1.47 bits per heavy atom. The predicted molar refractivity (Wildman–Crippen MR) is 60.0 cm³/mol. The number of nitrogens with one attached hydrogen (secondary N) is 1. The topological polar surface area (TPSA) is 111 Å². The molecule has 8 nitrogen and oxygen atoms in total. The SMILES string of the molecule is Cc1nnc(NC(=O)c2ccc([N+](=O)[O-])c(F)c2)o1. The summed E-state index contributed by atoms with van der Waals surface area (Å²) in [6, 6.07) is 2.65. The third kappa shape index (κ3) is 2.70. The Hall–Kier alpha value is -2.84. The molecule has 98 valence electrons. The first-order chi connectivity index (χ1) is 8.97. The first-order valence-corrected chi connectivity index (χ1v) is 5.03. The highest BCUT2D eigenvalue weighted by Crippen LogP contribution is 2.18. The second-order valence-electron chi connectivity index (χ2n) is 3.50. The van der Waals surface area contributed by atoms with Gasteiger partial charge in [0.05, 0.1) is 4.92 Å². The smallest absolute Gasteiger partial charge is 0.322 e. The molecule has 1 N–H and O–H groups in total. The average Bonchev–Trinajstić information content (AvgIpc) is 2.74. The molecular formula is C10H7FN4O4. The van der Waals surface area contributed by atoms with E-state index in [-0.39, 0.29) is 17.5 Å². The molecule has 0 aliphatic rings. The normalized spacial score (nSPS) is 10.2. The number of nitro groups is 1. The molecule has 0 unspecified atom stereocenters. The van der Waals surface area contributed by atoms with E-state index in [9.17, 15) is 19.3 Å². The number of hydrogen-bond acceptors (Lipinski definition) is 6. The van der Waals surface area contributed by atoms with Gasteiger partial charge in [-0.15, -0.1) is 5.10 Å². The number of anilines is 1. The van der Waals surface area contributed by atoms with E-state index in [1.165, 1.54) is 6.92 Å². The van der Waals surface area contributed by atoms with Crippen molar-refractivity contribution in [3.8, 4) is 0 Å². The molecule has 0 radical (unpaired) electrons. The number of rotatable bonds is 3. The quantitative estimate of drug-likeness (QED) is 0.668. The number of nitrogens with zero attached hydrogens (tertiary/aromatic N) is 3. The van der Waals surface area contributed by atoms with Gasteiger partial charge < -0.3 is 4.42 Å². The summed E-state index contributed by atoms with van der Waals surface area (Å²) in [7, 11) is 0. The first kappa shape index (κ1) is 12.6. The summed E-state index contributed by atoms with van der Waals surface area (Å²) in [5.74, 6) is -1.55. The third-order valence-corrected chi connectivity index (χ3v) is 2.15. The van der Waals surface area contributed by atoms with Crippen LogP contribution in [0.5, 0.6) is 0 Å². The summed E-state index contributed by atoms with van der Waals surface area (Å²) >= 11 is 0. The number of hydrogen-bond donors (Lipinski definition) is 1. The molecule has 0 saturated carbocycles. The van der Waals surface area contributed by atoms with E-state index < -0.39 is 22.3 Å². The molecule has 0 bridgehead atoms. The number of carbonyl (C=O) groups is 1. The van der Waals surface area contributed by atoms with Crippen LogP contribution in [0.1, 0.15) is 16.2 Å². The van der Waals surface area contributed by atoms with Crippen molar-refractivity contribution in [3.63, 3.8) is 0 Å². The lowest BCUT2D eigenvalue weighted by atomic mass is 10.2. The van der Waals surface area contributed by atoms with Crippen LogP contribution in [0.4, 0.5) is 16.1 Å². The highest BCUT2D eigenvalue weighted by molar-refractivity contribution is 6.03. The van der Waals surface area contributed by atoms with Crippen molar-refractivity contribution in [1.82, 2.24) is 10.2 Å². The van der Waals surface area contributed by atoms with Gasteiger partial charge in [-0.25, -0.2) is 0 Å². The maximum atomic E-state index is 13.3. The molecule has 1 aromatic heterocycles. The lowest BCUT2D eigenvalue weighted by Crippen LogP contribution is -2.12. The van der Waals surface area contributed by atoms with Crippen LogP contribution in [-0.4, -0.2) is 21.0 Å². The molecule has 1 amide bonds. The van der Waals surface area contributed by atoms with E-state index in [2.05, 4.69) is 15.5 Å². The van der Waals surface area contributed by atoms with E-state index in [4.69, 9.17) is 4.42 Å². The van der Waals surface area contributed by atoms with Crippen LogP contribution < -0.4 is 5.32 Å². The molecule has 0 atom stereocenters. The minimum Gasteiger partial charge on any atom is -0.408 e. The number of benzene rings is 1. The summed E-state index contributed by atoms with van der Waals surface area (Å²) in [5, 5.41) is 19.7. The lowest BCUT2D eigenvalue weighted by molar-refractivity contribution is -0.387. The Bertz CT molecular complexity index is 655. The fourth-order valence-electron chi connectivity index (χ4n) is 1.31. The Balaban J connectivity index is 2.20. The number of nitro benzene ring substituents is 1. The standard InChI is InChI=1S/C10H7FN4O4/c1-5-13-14-10(19-5)12-9(16)6-2-3-8(15(17)18)7(11)4-6/h2-4H,1H3,(H,12,14,16). The lowest BCUT2D eigenvalue weighted by Gasteiger charge is -2.01. The number of halogens is 1. The van der Waals surface area contributed by atoms with Crippen molar-refractivity contribution in [1.29, 1.82) is 0 Å². The predicted octanol–water partition coefficient (Wildman–Crippen LogP) is 1.68. The summed E-state index contributed by atoms with van der Waals surface area (Å²) < 4.78 is 18.2. The van der Waals surface area contributed by atoms with Gasteiger partial charge in [-0.05, 0) is 12.1 Å². The van der Waals surface area contributed by atoms with Crippen LogP contribution in [-0.2, 0) is 0 Å². The van der Waals surface area contributed by atoms with Crippen LogP contribution in [0.2, 0.25) is 0 Å². The summed E-state index contributed by atoms with van der Waals surface area (Å²) in [6.07, 6.45) is 0. The van der Waals surface area contributed by atoms with Crippen LogP contribution >= 0.6 is 0 Å². The third-order valence-electron chi connectivity index (χ3n) is 2.15. The van der Waals surface area contributed by atoms with Crippen LogP contribution in [0.15, 0.2) is 22.6 Å². The summed E-state index contributed by atoms with van der Waals surface area (Å²) in [5.41, 5.74) is -0.802. The van der Waals surface area contributed by atoms with Crippen molar-refractivity contribution in [3.05, 3.63) is 45.6 Å². The summed E-state index contributed by atoms with van der Waals surface area (Å²) in [6.45, 7) is 1.54. The van der Waals surface area contributed by atoms with Crippen LogP contribution in [0.25, 0.3) is 0 Å². The average molecular weight is 266 g/mol. The maximum absolute atomic E-state index is 13.3. The Kier molecular flexibility index (Phi) is 3.19. The molecule has 19 heavy (non-hydrogen) atoms. The molecule has 2 rings (SSSR count). The second kappa shape index (κ2) is 4.80. The van der Waals surface area contributed by atoms with Gasteiger partial charge in [-0.1, -0.05) is 5.10 Å². The minimum atomic E-state index is -1.10. The van der Waals surface area contributed by atoms with Gasteiger partial charge in [0.25, 0.3) is 5.91 Å². The van der Waals surface area contributed by atoms with E-state index in [1.807, 2.05) is 0 Å². The molecule has 0 spiro atoms. The van der Waals surface area contributed by atoms with Crippen molar-refractivity contribution in [2.24, 2.45) is 0 Å². The summed E-state index contributed by atoms with van der Waals surface area (Å²) in [4.78, 5) is 21.2. The number of aromatic nitrogens is 2. The highest BCUT2D eigenvalue weighted by atomic mass is 19.1. The van der Waals surface area contributed by atoms with Gasteiger partial charge in [0.15, 0.2) is 0 Å². The van der Waals surface area contributed by atoms with Crippen molar-refractivity contribution < 1.29 is 18.5 Å². The van der Waals surface area contributed by atoms with Crippen molar-refractivity contribution >= 4 is 17.6 Å². The first-order valence-electron chi connectivity index (χ1n) is 5.03. The Labute approximate surface area is 105 Å². The molecule has 1 aromatic carbocycles. The minimum absolute atomic E-state index is 0.0982. The number of carbonyl (C=O) groups excluding carboxylic acids is 1. The molecule has 1 heterocycles. The number of aryl methyl sites for hydroxylation is 1.